The van der Waals surface area contributed by atoms with Crippen molar-refractivity contribution < 1.29 is 4.74 Å². The lowest BCUT2D eigenvalue weighted by atomic mass is 10.2. The summed E-state index contributed by atoms with van der Waals surface area (Å²) in [5.74, 6) is 1.70. The summed E-state index contributed by atoms with van der Waals surface area (Å²) in [6.07, 6.45) is 0. The number of amidine groups is 1. The Kier molecular flexibility index (Phi) is 4.64. The Morgan fingerprint density at radius 3 is 2.10 bits per heavy atom. The highest BCUT2D eigenvalue weighted by Crippen LogP contribution is 2.20. The Morgan fingerprint density at radius 1 is 1.00 bits per heavy atom. The first-order valence-electron chi connectivity index (χ1n) is 6.26. The summed E-state index contributed by atoms with van der Waals surface area (Å²) in [5.41, 5.74) is 1.90. The molecule has 0 amide bonds. The molecule has 0 saturated heterocycles. The predicted octanol–water partition coefficient (Wildman–Crippen LogP) is 3.99. The number of halogens is 1. The quantitative estimate of drug-likeness (QED) is 0.630. The third kappa shape index (κ3) is 3.52. The van der Waals surface area contributed by atoms with Gasteiger partial charge in [0, 0.05) is 24.7 Å². The van der Waals surface area contributed by atoms with E-state index in [4.69, 9.17) is 16.3 Å². The number of rotatable bonds is 3. The normalized spacial score (nSPS) is 11.3. The van der Waals surface area contributed by atoms with E-state index >= 15 is 0 Å². The van der Waals surface area contributed by atoms with Crippen LogP contribution >= 0.6 is 11.6 Å². The first-order chi connectivity index (χ1) is 9.60. The lowest BCUT2D eigenvalue weighted by Gasteiger charge is -2.16. The highest BCUT2D eigenvalue weighted by atomic mass is 35.5. The van der Waals surface area contributed by atoms with Gasteiger partial charge in [-0.25, -0.2) is 4.99 Å². The van der Waals surface area contributed by atoms with Crippen molar-refractivity contribution in [1.82, 2.24) is 4.90 Å². The van der Waals surface area contributed by atoms with E-state index in [2.05, 4.69) is 4.99 Å². The maximum Gasteiger partial charge on any atom is 0.136 e. The number of aliphatic imine (C=N–C) groups is 1. The average molecular weight is 289 g/mol. The van der Waals surface area contributed by atoms with Gasteiger partial charge in [-0.3, -0.25) is 0 Å². The van der Waals surface area contributed by atoms with Crippen LogP contribution in [0, 0.1) is 0 Å². The molecule has 0 aliphatic carbocycles. The van der Waals surface area contributed by atoms with Crippen LogP contribution in [-0.4, -0.2) is 31.9 Å². The number of methoxy groups -OCH3 is 1. The molecule has 0 atom stereocenters. The minimum atomic E-state index is 0.719. The predicted molar refractivity (Wildman–Crippen MR) is 84.3 cm³/mol. The molecule has 3 nitrogen and oxygen atoms in total. The molecule has 2 aromatic rings. The maximum atomic E-state index is 5.92. The standard InChI is InChI=1S/C16H17ClN2O/c1-19(2)16(12-4-6-13(17)7-5-12)18-14-8-10-15(20-3)11-9-14/h4-11H,1-3H3. The summed E-state index contributed by atoms with van der Waals surface area (Å²) in [6, 6.07) is 15.3. The van der Waals surface area contributed by atoms with Crippen molar-refractivity contribution in [1.29, 1.82) is 0 Å². The van der Waals surface area contributed by atoms with E-state index in [1.165, 1.54) is 0 Å². The average Bonchev–Trinajstić information content (AvgIpc) is 2.46. The van der Waals surface area contributed by atoms with Gasteiger partial charge in [-0.1, -0.05) is 11.6 Å². The van der Waals surface area contributed by atoms with Crippen LogP contribution in [0.4, 0.5) is 5.69 Å². The van der Waals surface area contributed by atoms with E-state index in [1.807, 2.05) is 67.5 Å². The van der Waals surface area contributed by atoms with Gasteiger partial charge in [0.25, 0.3) is 0 Å². The molecule has 0 fully saturated rings. The van der Waals surface area contributed by atoms with Gasteiger partial charge in [0.1, 0.15) is 11.6 Å². The second kappa shape index (κ2) is 6.44. The molecule has 0 N–H and O–H groups in total. The van der Waals surface area contributed by atoms with Crippen molar-refractivity contribution in [3.05, 3.63) is 59.1 Å². The summed E-state index contributed by atoms with van der Waals surface area (Å²) in [5, 5.41) is 0.719. The molecule has 0 aliphatic heterocycles. The molecule has 0 unspecified atom stereocenters. The minimum Gasteiger partial charge on any atom is -0.497 e. The lowest BCUT2D eigenvalue weighted by Crippen LogP contribution is -2.22. The van der Waals surface area contributed by atoms with Gasteiger partial charge in [0.2, 0.25) is 0 Å². The first kappa shape index (κ1) is 14.4. The van der Waals surface area contributed by atoms with Gasteiger partial charge in [-0.2, -0.15) is 0 Å². The molecule has 0 radical (unpaired) electrons. The van der Waals surface area contributed by atoms with E-state index in [0.29, 0.717) is 0 Å². The van der Waals surface area contributed by atoms with Crippen LogP contribution in [0.15, 0.2) is 53.5 Å². The summed E-state index contributed by atoms with van der Waals surface area (Å²) in [6.45, 7) is 0. The summed E-state index contributed by atoms with van der Waals surface area (Å²) >= 11 is 5.92. The van der Waals surface area contributed by atoms with E-state index in [9.17, 15) is 0 Å². The zero-order chi connectivity index (χ0) is 14.5. The molecule has 0 spiro atoms. The molecule has 0 bridgehead atoms. The molecule has 20 heavy (non-hydrogen) atoms. The van der Waals surface area contributed by atoms with Gasteiger partial charge in [-0.05, 0) is 48.5 Å². The minimum absolute atomic E-state index is 0.719. The zero-order valence-electron chi connectivity index (χ0n) is 11.8. The fraction of sp³-hybridized carbons (Fsp3) is 0.188. The fourth-order valence-corrected chi connectivity index (χ4v) is 1.93. The van der Waals surface area contributed by atoms with Crippen molar-refractivity contribution in [2.45, 2.75) is 0 Å². The van der Waals surface area contributed by atoms with E-state index < -0.39 is 0 Å². The topological polar surface area (TPSA) is 24.8 Å². The van der Waals surface area contributed by atoms with Crippen molar-refractivity contribution >= 4 is 23.1 Å². The molecule has 0 saturated carbocycles. The van der Waals surface area contributed by atoms with Crippen LogP contribution in [0.2, 0.25) is 5.02 Å². The monoisotopic (exact) mass is 288 g/mol. The Balaban J connectivity index is 2.36. The number of ether oxygens (including phenoxy) is 1. The van der Waals surface area contributed by atoms with Crippen LogP contribution in [0.3, 0.4) is 0 Å². The smallest absolute Gasteiger partial charge is 0.136 e. The molecular formula is C16H17ClN2O. The second-order valence-corrected chi connectivity index (χ2v) is 4.97. The highest BCUT2D eigenvalue weighted by molar-refractivity contribution is 6.30. The van der Waals surface area contributed by atoms with Crippen molar-refractivity contribution in [2.24, 2.45) is 4.99 Å². The summed E-state index contributed by atoms with van der Waals surface area (Å²) in [4.78, 5) is 6.66. The molecular weight excluding hydrogens is 272 g/mol. The number of hydrogen-bond donors (Lipinski definition) is 0. The molecule has 0 aliphatic rings. The van der Waals surface area contributed by atoms with Crippen molar-refractivity contribution in [3.63, 3.8) is 0 Å². The van der Waals surface area contributed by atoms with E-state index in [1.54, 1.807) is 7.11 Å². The number of nitrogens with zero attached hydrogens (tertiary/aromatic N) is 2. The van der Waals surface area contributed by atoms with Gasteiger partial charge in [-0.15, -0.1) is 0 Å². The lowest BCUT2D eigenvalue weighted by molar-refractivity contribution is 0.415. The molecule has 0 heterocycles. The Bertz CT molecular complexity index is 589. The Labute approximate surface area is 124 Å². The number of hydrogen-bond acceptors (Lipinski definition) is 2. The van der Waals surface area contributed by atoms with E-state index in [-0.39, 0.29) is 0 Å². The van der Waals surface area contributed by atoms with Gasteiger partial charge >= 0.3 is 0 Å². The fourth-order valence-electron chi connectivity index (χ4n) is 1.80. The van der Waals surface area contributed by atoms with Crippen LogP contribution in [-0.2, 0) is 0 Å². The van der Waals surface area contributed by atoms with Crippen molar-refractivity contribution in [3.8, 4) is 5.75 Å². The third-order valence-electron chi connectivity index (χ3n) is 2.83. The summed E-state index contributed by atoms with van der Waals surface area (Å²) in [7, 11) is 5.59. The summed E-state index contributed by atoms with van der Waals surface area (Å²) < 4.78 is 5.15. The molecule has 2 aromatic carbocycles. The second-order valence-electron chi connectivity index (χ2n) is 4.53. The van der Waals surface area contributed by atoms with Crippen LogP contribution < -0.4 is 4.74 Å². The first-order valence-corrected chi connectivity index (χ1v) is 6.64. The highest BCUT2D eigenvalue weighted by Gasteiger charge is 2.06. The SMILES string of the molecule is COc1ccc(N=C(c2ccc(Cl)cc2)N(C)C)cc1. The third-order valence-corrected chi connectivity index (χ3v) is 3.09. The maximum absolute atomic E-state index is 5.92. The van der Waals surface area contributed by atoms with Crippen LogP contribution in [0.25, 0.3) is 0 Å². The largest absolute Gasteiger partial charge is 0.497 e. The van der Waals surface area contributed by atoms with E-state index in [0.717, 1.165) is 27.9 Å². The molecule has 2 rings (SSSR count). The zero-order valence-corrected chi connectivity index (χ0v) is 12.6. The molecule has 104 valence electrons. The van der Waals surface area contributed by atoms with Crippen molar-refractivity contribution in [2.75, 3.05) is 21.2 Å². The Morgan fingerprint density at radius 2 is 1.60 bits per heavy atom. The Hall–Kier alpha value is -2.00. The van der Waals surface area contributed by atoms with Gasteiger partial charge in [0.15, 0.2) is 0 Å². The van der Waals surface area contributed by atoms with Gasteiger partial charge < -0.3 is 9.64 Å². The van der Waals surface area contributed by atoms with Gasteiger partial charge in [0.05, 0.1) is 12.8 Å². The van der Waals surface area contributed by atoms with Crippen LogP contribution in [0.1, 0.15) is 5.56 Å². The van der Waals surface area contributed by atoms with Crippen LogP contribution in [0.5, 0.6) is 5.75 Å². The molecule has 0 aromatic heterocycles. The molecule has 4 heteroatoms. The number of benzene rings is 2.